The topological polar surface area (TPSA) is 69.6 Å². The van der Waals surface area contributed by atoms with Gasteiger partial charge in [-0.15, -0.1) is 0 Å². The Morgan fingerprint density at radius 3 is 2.13 bits per heavy atom. The SMILES string of the molecule is O=C(NC1CCN(C(=O)C2(O)CCCC2)CC1)C1CCCCC1. The summed E-state index contributed by atoms with van der Waals surface area (Å²) in [7, 11) is 0. The molecule has 5 nitrogen and oxygen atoms in total. The number of nitrogens with zero attached hydrogens (tertiary/aromatic N) is 1. The number of rotatable bonds is 3. The molecule has 0 unspecified atom stereocenters. The van der Waals surface area contributed by atoms with Gasteiger partial charge in [0.15, 0.2) is 0 Å². The van der Waals surface area contributed by atoms with E-state index in [1.165, 1.54) is 19.3 Å². The highest BCUT2D eigenvalue weighted by Gasteiger charge is 2.42. The van der Waals surface area contributed by atoms with Gasteiger partial charge in [0.2, 0.25) is 5.91 Å². The van der Waals surface area contributed by atoms with Gasteiger partial charge in [0.1, 0.15) is 5.60 Å². The lowest BCUT2D eigenvalue weighted by atomic mass is 9.88. The Morgan fingerprint density at radius 1 is 0.913 bits per heavy atom. The van der Waals surface area contributed by atoms with E-state index in [1.54, 1.807) is 4.90 Å². The van der Waals surface area contributed by atoms with Crippen molar-refractivity contribution in [2.75, 3.05) is 13.1 Å². The second kappa shape index (κ2) is 7.20. The van der Waals surface area contributed by atoms with Gasteiger partial charge < -0.3 is 15.3 Å². The average Bonchev–Trinajstić information content (AvgIpc) is 3.03. The standard InChI is InChI=1S/C18H30N2O3/c21-16(14-6-2-1-3-7-14)19-15-8-12-20(13-9-15)17(22)18(23)10-4-5-11-18/h14-15,23H,1-13H2,(H,19,21). The average molecular weight is 322 g/mol. The molecular formula is C18H30N2O3. The van der Waals surface area contributed by atoms with Crippen molar-refractivity contribution in [3.8, 4) is 0 Å². The number of amides is 2. The first-order chi connectivity index (χ1) is 11.1. The lowest BCUT2D eigenvalue weighted by molar-refractivity contribution is -0.151. The normalized spacial score (nSPS) is 26.2. The van der Waals surface area contributed by atoms with Crippen LogP contribution in [-0.4, -0.2) is 46.6 Å². The summed E-state index contributed by atoms with van der Waals surface area (Å²) in [6, 6.07) is 0.187. The number of piperidine rings is 1. The minimum atomic E-state index is -1.11. The van der Waals surface area contributed by atoms with Gasteiger partial charge in [0.05, 0.1) is 0 Å². The zero-order valence-corrected chi connectivity index (χ0v) is 14.1. The Bertz CT molecular complexity index is 432. The summed E-state index contributed by atoms with van der Waals surface area (Å²) in [4.78, 5) is 26.6. The summed E-state index contributed by atoms with van der Waals surface area (Å²) in [6.45, 7) is 1.30. The molecule has 1 aliphatic heterocycles. The van der Waals surface area contributed by atoms with Crippen molar-refractivity contribution in [1.82, 2.24) is 10.2 Å². The fourth-order valence-electron chi connectivity index (χ4n) is 4.38. The van der Waals surface area contributed by atoms with Crippen LogP contribution >= 0.6 is 0 Å². The fraction of sp³-hybridized carbons (Fsp3) is 0.889. The van der Waals surface area contributed by atoms with Crippen molar-refractivity contribution in [2.45, 2.75) is 82.3 Å². The molecule has 0 bridgehead atoms. The van der Waals surface area contributed by atoms with Crippen LogP contribution in [0.3, 0.4) is 0 Å². The summed E-state index contributed by atoms with van der Waals surface area (Å²) >= 11 is 0. The lowest BCUT2D eigenvalue weighted by Gasteiger charge is -2.37. The zero-order valence-electron chi connectivity index (χ0n) is 14.1. The van der Waals surface area contributed by atoms with Gasteiger partial charge in [-0.2, -0.15) is 0 Å². The van der Waals surface area contributed by atoms with E-state index in [2.05, 4.69) is 5.32 Å². The van der Waals surface area contributed by atoms with E-state index >= 15 is 0 Å². The highest BCUT2D eigenvalue weighted by molar-refractivity contribution is 5.85. The van der Waals surface area contributed by atoms with Crippen molar-refractivity contribution >= 4 is 11.8 Å². The van der Waals surface area contributed by atoms with Crippen molar-refractivity contribution in [3.63, 3.8) is 0 Å². The lowest BCUT2D eigenvalue weighted by Crippen LogP contribution is -2.53. The minimum Gasteiger partial charge on any atom is -0.380 e. The number of carbonyl (C=O) groups is 2. The highest BCUT2D eigenvalue weighted by atomic mass is 16.3. The molecule has 0 radical (unpaired) electrons. The molecule has 0 aromatic rings. The number of aliphatic hydroxyl groups is 1. The molecule has 130 valence electrons. The fourth-order valence-corrected chi connectivity index (χ4v) is 4.38. The van der Waals surface area contributed by atoms with Gasteiger partial charge in [-0.05, 0) is 51.4 Å². The van der Waals surface area contributed by atoms with Crippen LogP contribution in [0.5, 0.6) is 0 Å². The number of hydrogen-bond acceptors (Lipinski definition) is 3. The Morgan fingerprint density at radius 2 is 1.52 bits per heavy atom. The van der Waals surface area contributed by atoms with Crippen molar-refractivity contribution in [1.29, 1.82) is 0 Å². The van der Waals surface area contributed by atoms with Crippen molar-refractivity contribution < 1.29 is 14.7 Å². The van der Waals surface area contributed by atoms with Crippen molar-refractivity contribution in [2.24, 2.45) is 5.92 Å². The third-order valence-electron chi connectivity index (χ3n) is 5.93. The van der Waals surface area contributed by atoms with E-state index in [-0.39, 0.29) is 23.8 Å². The number of hydrogen-bond donors (Lipinski definition) is 2. The van der Waals surface area contributed by atoms with Crippen LogP contribution in [0.15, 0.2) is 0 Å². The maximum absolute atomic E-state index is 12.5. The molecule has 2 aliphatic carbocycles. The summed E-state index contributed by atoms with van der Waals surface area (Å²) in [5.74, 6) is 0.318. The molecule has 1 saturated heterocycles. The number of likely N-dealkylation sites (tertiary alicyclic amines) is 1. The Hall–Kier alpha value is -1.10. The van der Waals surface area contributed by atoms with Crippen LogP contribution < -0.4 is 5.32 Å². The van der Waals surface area contributed by atoms with Crippen molar-refractivity contribution in [3.05, 3.63) is 0 Å². The third kappa shape index (κ3) is 3.87. The second-order valence-corrected chi connectivity index (χ2v) is 7.65. The van der Waals surface area contributed by atoms with E-state index in [1.807, 2.05) is 0 Å². The maximum atomic E-state index is 12.5. The van der Waals surface area contributed by atoms with Crippen LogP contribution in [0, 0.1) is 5.92 Å². The summed E-state index contributed by atoms with van der Waals surface area (Å²) < 4.78 is 0. The van der Waals surface area contributed by atoms with Crippen LogP contribution in [-0.2, 0) is 9.59 Å². The molecule has 23 heavy (non-hydrogen) atoms. The number of carbonyl (C=O) groups excluding carboxylic acids is 2. The van der Waals surface area contributed by atoms with E-state index in [4.69, 9.17) is 0 Å². The van der Waals surface area contributed by atoms with E-state index in [0.29, 0.717) is 25.9 Å². The van der Waals surface area contributed by atoms with E-state index < -0.39 is 5.60 Å². The van der Waals surface area contributed by atoms with Crippen LogP contribution in [0.4, 0.5) is 0 Å². The Kier molecular flexibility index (Phi) is 5.24. The van der Waals surface area contributed by atoms with Gasteiger partial charge in [0, 0.05) is 25.0 Å². The summed E-state index contributed by atoms with van der Waals surface area (Å²) in [5, 5.41) is 13.6. The van der Waals surface area contributed by atoms with Gasteiger partial charge in [0.25, 0.3) is 5.91 Å². The van der Waals surface area contributed by atoms with Gasteiger partial charge in [-0.3, -0.25) is 9.59 Å². The number of nitrogens with one attached hydrogen (secondary N) is 1. The third-order valence-corrected chi connectivity index (χ3v) is 5.93. The molecule has 0 spiro atoms. The molecular weight excluding hydrogens is 292 g/mol. The first kappa shape index (κ1) is 16.7. The zero-order chi connectivity index (χ0) is 16.3. The molecule has 0 aromatic carbocycles. The Labute approximate surface area is 138 Å². The monoisotopic (exact) mass is 322 g/mol. The molecule has 3 fully saturated rings. The van der Waals surface area contributed by atoms with E-state index in [9.17, 15) is 14.7 Å². The molecule has 3 aliphatic rings. The molecule has 0 aromatic heterocycles. The molecule has 2 N–H and O–H groups in total. The maximum Gasteiger partial charge on any atom is 0.254 e. The van der Waals surface area contributed by atoms with Gasteiger partial charge >= 0.3 is 0 Å². The molecule has 2 amide bonds. The molecule has 3 rings (SSSR count). The molecule has 0 atom stereocenters. The van der Waals surface area contributed by atoms with E-state index in [0.717, 1.165) is 38.5 Å². The van der Waals surface area contributed by atoms with Crippen LogP contribution in [0.2, 0.25) is 0 Å². The predicted molar refractivity (Wildman–Crippen MR) is 87.7 cm³/mol. The largest absolute Gasteiger partial charge is 0.380 e. The second-order valence-electron chi connectivity index (χ2n) is 7.65. The van der Waals surface area contributed by atoms with Gasteiger partial charge in [-0.1, -0.05) is 19.3 Å². The first-order valence-electron chi connectivity index (χ1n) is 9.41. The molecule has 2 saturated carbocycles. The van der Waals surface area contributed by atoms with Crippen LogP contribution in [0.1, 0.15) is 70.6 Å². The summed E-state index contributed by atoms with van der Waals surface area (Å²) in [5.41, 5.74) is -1.11. The Balaban J connectivity index is 1.44. The quantitative estimate of drug-likeness (QED) is 0.835. The smallest absolute Gasteiger partial charge is 0.254 e. The first-order valence-corrected chi connectivity index (χ1v) is 9.41. The summed E-state index contributed by atoms with van der Waals surface area (Å²) in [6.07, 6.45) is 10.3. The molecule has 5 heteroatoms. The highest BCUT2D eigenvalue weighted by Crippen LogP contribution is 2.32. The minimum absolute atomic E-state index is 0.0907. The molecule has 1 heterocycles. The van der Waals surface area contributed by atoms with Crippen LogP contribution in [0.25, 0.3) is 0 Å². The van der Waals surface area contributed by atoms with Gasteiger partial charge in [-0.25, -0.2) is 0 Å². The predicted octanol–water partition coefficient (Wildman–Crippen LogP) is 1.98.